The van der Waals surface area contributed by atoms with Gasteiger partial charge in [-0.1, -0.05) is 61.2 Å². The minimum atomic E-state index is -0.0481. The fourth-order valence-electron chi connectivity index (χ4n) is 1.09. The van der Waals surface area contributed by atoms with E-state index in [-0.39, 0.29) is 5.78 Å². The second-order valence-corrected chi connectivity index (χ2v) is 3.40. The zero-order valence-electron chi connectivity index (χ0n) is 8.86. The highest BCUT2D eigenvalue weighted by molar-refractivity contribution is 6.10. The van der Waals surface area contributed by atoms with Crippen molar-refractivity contribution < 1.29 is 4.79 Å². The summed E-state index contributed by atoms with van der Waals surface area (Å²) in [4.78, 5) is 11.8. The molecule has 15 heavy (non-hydrogen) atoms. The first-order valence-corrected chi connectivity index (χ1v) is 4.73. The van der Waals surface area contributed by atoms with E-state index in [0.717, 1.165) is 5.57 Å². The summed E-state index contributed by atoms with van der Waals surface area (Å²) in [5.74, 6) is -0.0481. The lowest BCUT2D eigenvalue weighted by molar-refractivity contribution is 0.103. The van der Waals surface area contributed by atoms with E-state index in [9.17, 15) is 4.79 Å². The standard InChI is InChI=1S/C14H14O/c1-11(2)9-10-12(3)14(15)13-7-5-4-6-8-13/h4-10H,1,3H2,2H3/b10-9-. The van der Waals surface area contributed by atoms with Crippen LogP contribution in [0.4, 0.5) is 0 Å². The number of hydrogen-bond acceptors (Lipinski definition) is 1. The molecule has 76 valence electrons. The van der Waals surface area contributed by atoms with Crippen molar-refractivity contribution in [2.45, 2.75) is 6.92 Å². The van der Waals surface area contributed by atoms with Gasteiger partial charge in [0.2, 0.25) is 0 Å². The molecule has 1 heteroatoms. The van der Waals surface area contributed by atoms with Crippen molar-refractivity contribution >= 4 is 5.78 Å². The van der Waals surface area contributed by atoms with Crippen molar-refractivity contribution in [1.29, 1.82) is 0 Å². The number of allylic oxidation sites excluding steroid dienone is 4. The topological polar surface area (TPSA) is 17.1 Å². The van der Waals surface area contributed by atoms with Crippen LogP contribution in [0.2, 0.25) is 0 Å². The van der Waals surface area contributed by atoms with Crippen molar-refractivity contribution in [3.63, 3.8) is 0 Å². The summed E-state index contributed by atoms with van der Waals surface area (Å²) in [5, 5.41) is 0. The lowest BCUT2D eigenvalue weighted by Crippen LogP contribution is -1.99. The molecule has 0 radical (unpaired) electrons. The molecule has 1 rings (SSSR count). The maximum Gasteiger partial charge on any atom is 0.192 e. The summed E-state index contributed by atoms with van der Waals surface area (Å²) in [6, 6.07) is 9.11. The monoisotopic (exact) mass is 198 g/mol. The highest BCUT2D eigenvalue weighted by atomic mass is 16.1. The van der Waals surface area contributed by atoms with E-state index < -0.39 is 0 Å². The Hall–Kier alpha value is -1.89. The average molecular weight is 198 g/mol. The smallest absolute Gasteiger partial charge is 0.192 e. The third kappa shape index (κ3) is 3.39. The Kier molecular flexibility index (Phi) is 3.81. The second kappa shape index (κ2) is 5.11. The summed E-state index contributed by atoms with van der Waals surface area (Å²) in [6.07, 6.45) is 3.47. The van der Waals surface area contributed by atoms with E-state index in [1.165, 1.54) is 0 Å². The molecule has 1 aromatic carbocycles. The van der Waals surface area contributed by atoms with Crippen molar-refractivity contribution in [3.05, 3.63) is 72.4 Å². The molecule has 0 saturated heterocycles. The van der Waals surface area contributed by atoms with Gasteiger partial charge in [-0.25, -0.2) is 0 Å². The maximum absolute atomic E-state index is 11.8. The molecular formula is C14H14O. The van der Waals surface area contributed by atoms with Gasteiger partial charge in [-0.3, -0.25) is 4.79 Å². The first-order chi connectivity index (χ1) is 7.11. The summed E-state index contributed by atoms with van der Waals surface area (Å²) >= 11 is 0. The highest BCUT2D eigenvalue weighted by Gasteiger charge is 2.05. The molecule has 0 amide bonds. The third-order valence-electron chi connectivity index (χ3n) is 1.90. The summed E-state index contributed by atoms with van der Waals surface area (Å²) in [7, 11) is 0. The van der Waals surface area contributed by atoms with E-state index in [1.54, 1.807) is 24.3 Å². The summed E-state index contributed by atoms with van der Waals surface area (Å²) in [5.41, 5.74) is 2.04. The van der Waals surface area contributed by atoms with Gasteiger partial charge in [0.15, 0.2) is 5.78 Å². The Morgan fingerprint density at radius 1 is 1.13 bits per heavy atom. The summed E-state index contributed by atoms with van der Waals surface area (Å²) < 4.78 is 0. The normalized spacial score (nSPS) is 10.2. The van der Waals surface area contributed by atoms with Gasteiger partial charge in [0.05, 0.1) is 0 Å². The Morgan fingerprint density at radius 3 is 2.27 bits per heavy atom. The Morgan fingerprint density at radius 2 is 1.73 bits per heavy atom. The van der Waals surface area contributed by atoms with Crippen molar-refractivity contribution in [2.75, 3.05) is 0 Å². The van der Waals surface area contributed by atoms with Gasteiger partial charge in [-0.2, -0.15) is 0 Å². The Bertz CT molecular complexity index is 410. The number of benzene rings is 1. The third-order valence-corrected chi connectivity index (χ3v) is 1.90. The first-order valence-electron chi connectivity index (χ1n) is 4.73. The molecule has 0 aliphatic carbocycles. The lowest BCUT2D eigenvalue weighted by atomic mass is 10.0. The average Bonchev–Trinajstić information content (AvgIpc) is 2.26. The molecule has 0 saturated carbocycles. The molecule has 0 bridgehead atoms. The lowest BCUT2D eigenvalue weighted by Gasteiger charge is -1.99. The number of Topliss-reactive ketones (excluding diaryl/α,β-unsaturated/α-hetero) is 1. The van der Waals surface area contributed by atoms with Gasteiger partial charge < -0.3 is 0 Å². The molecule has 0 heterocycles. The van der Waals surface area contributed by atoms with Crippen LogP contribution in [0.3, 0.4) is 0 Å². The molecule has 0 spiro atoms. The predicted molar refractivity (Wildman–Crippen MR) is 63.9 cm³/mol. The minimum Gasteiger partial charge on any atom is -0.289 e. The molecule has 0 atom stereocenters. The molecule has 1 nitrogen and oxygen atoms in total. The zero-order chi connectivity index (χ0) is 11.3. The summed E-state index contributed by atoms with van der Waals surface area (Å²) in [6.45, 7) is 9.32. The van der Waals surface area contributed by atoms with Crippen LogP contribution in [0.15, 0.2) is 66.8 Å². The minimum absolute atomic E-state index is 0.0481. The fraction of sp³-hybridized carbons (Fsp3) is 0.0714. The van der Waals surface area contributed by atoms with Crippen molar-refractivity contribution in [3.8, 4) is 0 Å². The van der Waals surface area contributed by atoms with Crippen LogP contribution in [0.5, 0.6) is 0 Å². The second-order valence-electron chi connectivity index (χ2n) is 3.40. The number of ketones is 1. The number of carbonyl (C=O) groups is 1. The highest BCUT2D eigenvalue weighted by Crippen LogP contribution is 2.08. The molecule has 0 aliphatic rings. The molecule has 0 aliphatic heterocycles. The quantitative estimate of drug-likeness (QED) is 0.410. The molecule has 0 N–H and O–H groups in total. The van der Waals surface area contributed by atoms with Gasteiger partial charge >= 0.3 is 0 Å². The Balaban J connectivity index is 2.79. The fourth-order valence-corrected chi connectivity index (χ4v) is 1.09. The van der Waals surface area contributed by atoms with Crippen molar-refractivity contribution in [2.24, 2.45) is 0 Å². The molecule has 0 fully saturated rings. The number of hydrogen-bond donors (Lipinski definition) is 0. The van der Waals surface area contributed by atoms with E-state index in [1.807, 2.05) is 25.1 Å². The van der Waals surface area contributed by atoms with E-state index in [0.29, 0.717) is 11.1 Å². The van der Waals surface area contributed by atoms with Gasteiger partial charge in [-0.05, 0) is 6.92 Å². The molecule has 1 aromatic rings. The number of carbonyl (C=O) groups excluding carboxylic acids is 1. The van der Waals surface area contributed by atoms with Gasteiger partial charge in [0.1, 0.15) is 0 Å². The zero-order valence-corrected chi connectivity index (χ0v) is 8.86. The van der Waals surface area contributed by atoms with Crippen LogP contribution in [0.1, 0.15) is 17.3 Å². The number of rotatable bonds is 4. The van der Waals surface area contributed by atoms with E-state index >= 15 is 0 Å². The maximum atomic E-state index is 11.8. The van der Waals surface area contributed by atoms with E-state index in [2.05, 4.69) is 13.2 Å². The van der Waals surface area contributed by atoms with E-state index in [4.69, 9.17) is 0 Å². The SMILES string of the molecule is C=C(C)/C=C\C(=C)C(=O)c1ccccc1. The van der Waals surface area contributed by atoms with Gasteiger partial charge in [-0.15, -0.1) is 0 Å². The van der Waals surface area contributed by atoms with Gasteiger partial charge in [0, 0.05) is 11.1 Å². The van der Waals surface area contributed by atoms with Gasteiger partial charge in [0.25, 0.3) is 0 Å². The molecule has 0 unspecified atom stereocenters. The molecular weight excluding hydrogens is 184 g/mol. The first kappa shape index (κ1) is 11.2. The van der Waals surface area contributed by atoms with Crippen LogP contribution < -0.4 is 0 Å². The predicted octanol–water partition coefficient (Wildman–Crippen LogP) is 3.56. The largest absolute Gasteiger partial charge is 0.289 e. The van der Waals surface area contributed by atoms with Crippen LogP contribution >= 0.6 is 0 Å². The molecule has 0 aromatic heterocycles. The van der Waals surface area contributed by atoms with Crippen LogP contribution in [0, 0.1) is 0 Å². The van der Waals surface area contributed by atoms with Crippen LogP contribution in [-0.2, 0) is 0 Å². The van der Waals surface area contributed by atoms with Crippen LogP contribution in [0.25, 0.3) is 0 Å². The van der Waals surface area contributed by atoms with Crippen LogP contribution in [-0.4, -0.2) is 5.78 Å². The Labute approximate surface area is 90.4 Å². The van der Waals surface area contributed by atoms with Crippen molar-refractivity contribution in [1.82, 2.24) is 0 Å².